The van der Waals surface area contributed by atoms with Gasteiger partial charge in [-0.15, -0.1) is 11.3 Å². The molecule has 4 heterocycles. The average Bonchev–Trinajstić information content (AvgIpc) is 3.11. The van der Waals surface area contributed by atoms with E-state index in [0.29, 0.717) is 17.8 Å². The second kappa shape index (κ2) is 7.35. The Kier molecular flexibility index (Phi) is 4.96. The number of thiazole rings is 1. The number of piperidine rings is 3. The molecular formula is C18H21N3O2S2. The van der Waals surface area contributed by atoms with Crippen LogP contribution >= 0.6 is 23.1 Å². The number of hydrogen-bond acceptors (Lipinski definition) is 6. The zero-order valence-corrected chi connectivity index (χ0v) is 15.7. The number of aromatic nitrogens is 1. The fourth-order valence-corrected chi connectivity index (χ4v) is 5.27. The summed E-state index contributed by atoms with van der Waals surface area (Å²) in [5.74, 6) is 1.32. The lowest BCUT2D eigenvalue weighted by Crippen LogP contribution is -2.57. The number of rotatable bonds is 5. The minimum atomic E-state index is 0.0335. The van der Waals surface area contributed by atoms with Gasteiger partial charge < -0.3 is 15.0 Å². The molecule has 132 valence electrons. The van der Waals surface area contributed by atoms with Crippen molar-refractivity contribution in [3.05, 3.63) is 35.2 Å². The van der Waals surface area contributed by atoms with E-state index in [1.807, 2.05) is 29.6 Å². The monoisotopic (exact) mass is 375 g/mol. The van der Waals surface area contributed by atoms with Crippen molar-refractivity contribution in [1.82, 2.24) is 15.2 Å². The van der Waals surface area contributed by atoms with Crippen LogP contribution in [0.15, 0.2) is 38.9 Å². The summed E-state index contributed by atoms with van der Waals surface area (Å²) in [6, 6.07) is 8.04. The maximum absolute atomic E-state index is 12.5. The number of ether oxygens (including phenoxy) is 1. The smallest absolute Gasteiger partial charge is 0.251 e. The molecule has 25 heavy (non-hydrogen) atoms. The minimum absolute atomic E-state index is 0.0335. The van der Waals surface area contributed by atoms with E-state index in [9.17, 15) is 4.79 Å². The largest absolute Gasteiger partial charge is 0.480 e. The molecule has 1 aromatic carbocycles. The third kappa shape index (κ3) is 3.83. The first kappa shape index (κ1) is 16.9. The van der Waals surface area contributed by atoms with E-state index in [1.165, 1.54) is 25.9 Å². The molecular weight excluding hydrogens is 354 g/mol. The van der Waals surface area contributed by atoms with Crippen molar-refractivity contribution in [3.63, 3.8) is 0 Å². The van der Waals surface area contributed by atoms with Crippen LogP contribution in [-0.4, -0.2) is 48.6 Å². The molecule has 3 aliphatic rings. The van der Waals surface area contributed by atoms with Crippen LogP contribution in [0.4, 0.5) is 0 Å². The van der Waals surface area contributed by atoms with Crippen molar-refractivity contribution in [2.75, 3.05) is 26.7 Å². The van der Waals surface area contributed by atoms with Gasteiger partial charge in [0.15, 0.2) is 4.34 Å². The van der Waals surface area contributed by atoms with Crippen LogP contribution in [-0.2, 0) is 0 Å². The summed E-state index contributed by atoms with van der Waals surface area (Å²) < 4.78 is 6.04. The van der Waals surface area contributed by atoms with Crippen molar-refractivity contribution < 1.29 is 9.53 Å². The van der Waals surface area contributed by atoms with E-state index >= 15 is 0 Å². The molecule has 0 unspecified atom stereocenters. The maximum Gasteiger partial charge on any atom is 0.251 e. The molecule has 7 heteroatoms. The Labute approximate surface area is 155 Å². The fourth-order valence-electron chi connectivity index (χ4n) is 3.54. The number of hydrogen-bond donors (Lipinski definition) is 1. The van der Waals surface area contributed by atoms with Crippen molar-refractivity contribution in [3.8, 4) is 5.88 Å². The second-order valence-corrected chi connectivity index (χ2v) is 8.68. The highest BCUT2D eigenvalue weighted by Gasteiger charge is 2.34. The van der Waals surface area contributed by atoms with Gasteiger partial charge >= 0.3 is 0 Å². The number of nitrogens with zero attached hydrogens (tertiary/aromatic N) is 2. The molecule has 2 bridgehead atoms. The summed E-state index contributed by atoms with van der Waals surface area (Å²) in [4.78, 5) is 20.4. The van der Waals surface area contributed by atoms with Crippen LogP contribution in [0.3, 0.4) is 0 Å². The van der Waals surface area contributed by atoms with Crippen LogP contribution in [0.2, 0.25) is 0 Å². The molecule has 5 nitrogen and oxygen atoms in total. The lowest BCUT2D eigenvalue weighted by atomic mass is 9.84. The lowest BCUT2D eigenvalue weighted by molar-refractivity contribution is 0.0620. The normalized spacial score (nSPS) is 24.9. The van der Waals surface area contributed by atoms with Crippen LogP contribution in [0.1, 0.15) is 23.2 Å². The van der Waals surface area contributed by atoms with Crippen LogP contribution in [0, 0.1) is 5.92 Å². The highest BCUT2D eigenvalue weighted by Crippen LogP contribution is 2.32. The molecule has 1 amide bonds. The van der Waals surface area contributed by atoms with E-state index in [2.05, 4.69) is 15.2 Å². The number of fused-ring (bicyclic) bond motifs is 3. The highest BCUT2D eigenvalue weighted by atomic mass is 32.2. The number of carbonyl (C=O) groups is 1. The van der Waals surface area contributed by atoms with E-state index in [-0.39, 0.29) is 5.91 Å². The van der Waals surface area contributed by atoms with Gasteiger partial charge in [-0.2, -0.15) is 4.98 Å². The summed E-state index contributed by atoms with van der Waals surface area (Å²) in [5.41, 5.74) is 0.720. The SMILES string of the molecule is COc1csc(Sc2ccc(C(=O)N[C@H]3CN4CCC3CC4)cc2)n1. The third-order valence-corrected chi connectivity index (χ3v) is 6.89. The molecule has 1 atom stereocenters. The van der Waals surface area contributed by atoms with Gasteiger partial charge in [0.25, 0.3) is 5.91 Å². The molecule has 0 spiro atoms. The Bertz CT molecular complexity index is 739. The fraction of sp³-hybridized carbons (Fsp3) is 0.444. The summed E-state index contributed by atoms with van der Waals surface area (Å²) in [6.07, 6.45) is 2.41. The molecule has 1 aromatic heterocycles. The standard InChI is InChI=1S/C18H21N3O2S2/c1-23-16-11-24-18(20-16)25-14-4-2-13(3-5-14)17(22)19-15-10-21-8-6-12(15)7-9-21/h2-5,11-12,15H,6-10H2,1H3,(H,19,22)/t15-/m0/s1. The number of benzene rings is 1. The van der Waals surface area contributed by atoms with Crippen LogP contribution in [0.5, 0.6) is 5.88 Å². The molecule has 5 rings (SSSR count). The summed E-state index contributed by atoms with van der Waals surface area (Å²) in [7, 11) is 1.62. The quantitative estimate of drug-likeness (QED) is 0.870. The molecule has 3 saturated heterocycles. The summed E-state index contributed by atoms with van der Waals surface area (Å²) in [6.45, 7) is 3.37. The number of amides is 1. The first-order valence-electron chi connectivity index (χ1n) is 8.52. The maximum atomic E-state index is 12.5. The van der Waals surface area contributed by atoms with Crippen molar-refractivity contribution in [2.24, 2.45) is 5.92 Å². The number of nitrogens with one attached hydrogen (secondary N) is 1. The number of carbonyl (C=O) groups excluding carboxylic acids is 1. The van der Waals surface area contributed by atoms with Gasteiger partial charge in [-0.25, -0.2) is 0 Å². The Hall–Kier alpha value is -1.57. The molecule has 3 fully saturated rings. The van der Waals surface area contributed by atoms with Gasteiger partial charge in [-0.3, -0.25) is 4.79 Å². The predicted molar refractivity (Wildman–Crippen MR) is 99.6 cm³/mol. The zero-order chi connectivity index (χ0) is 17.2. The molecule has 3 aliphatic heterocycles. The zero-order valence-electron chi connectivity index (χ0n) is 14.1. The van der Waals surface area contributed by atoms with Gasteiger partial charge in [0.1, 0.15) is 0 Å². The molecule has 2 aromatic rings. The van der Waals surface area contributed by atoms with Crippen LogP contribution in [0.25, 0.3) is 0 Å². The van der Waals surface area contributed by atoms with Gasteiger partial charge in [-0.05, 0) is 56.1 Å². The Morgan fingerprint density at radius 3 is 2.68 bits per heavy atom. The van der Waals surface area contributed by atoms with Gasteiger partial charge in [0, 0.05) is 23.0 Å². The Balaban J connectivity index is 1.37. The van der Waals surface area contributed by atoms with E-state index in [1.54, 1.807) is 30.2 Å². The molecule has 0 aliphatic carbocycles. The van der Waals surface area contributed by atoms with Crippen molar-refractivity contribution in [1.29, 1.82) is 0 Å². The first-order chi connectivity index (χ1) is 12.2. The third-order valence-electron chi connectivity index (χ3n) is 4.97. The minimum Gasteiger partial charge on any atom is -0.480 e. The van der Waals surface area contributed by atoms with E-state index < -0.39 is 0 Å². The summed E-state index contributed by atoms with van der Waals surface area (Å²) in [5, 5.41) is 5.12. The lowest BCUT2D eigenvalue weighted by Gasteiger charge is -2.44. The topological polar surface area (TPSA) is 54.5 Å². The second-order valence-electron chi connectivity index (χ2n) is 6.50. The van der Waals surface area contributed by atoms with E-state index in [4.69, 9.17) is 4.74 Å². The van der Waals surface area contributed by atoms with Crippen molar-refractivity contribution >= 4 is 29.0 Å². The summed E-state index contributed by atoms with van der Waals surface area (Å²) >= 11 is 3.13. The van der Waals surface area contributed by atoms with Gasteiger partial charge in [-0.1, -0.05) is 11.8 Å². The number of methoxy groups -OCH3 is 1. The Morgan fingerprint density at radius 1 is 1.32 bits per heavy atom. The highest BCUT2D eigenvalue weighted by molar-refractivity contribution is 8.01. The molecule has 0 saturated carbocycles. The molecule has 1 N–H and O–H groups in total. The van der Waals surface area contributed by atoms with Gasteiger partial charge in [0.2, 0.25) is 5.88 Å². The molecule has 0 radical (unpaired) electrons. The van der Waals surface area contributed by atoms with E-state index in [0.717, 1.165) is 21.3 Å². The van der Waals surface area contributed by atoms with Gasteiger partial charge in [0.05, 0.1) is 12.5 Å². The van der Waals surface area contributed by atoms with Crippen LogP contribution < -0.4 is 10.1 Å². The van der Waals surface area contributed by atoms with Crippen molar-refractivity contribution in [2.45, 2.75) is 28.1 Å². The Morgan fingerprint density at radius 2 is 2.08 bits per heavy atom. The predicted octanol–water partition coefficient (Wildman–Crippen LogP) is 3.13. The average molecular weight is 376 g/mol. The first-order valence-corrected chi connectivity index (χ1v) is 10.2.